The Bertz CT molecular complexity index is 3290. The fourth-order valence-electron chi connectivity index (χ4n) is 14.2. The van der Waals surface area contributed by atoms with Crippen molar-refractivity contribution in [3.8, 4) is 0 Å². The molecule has 0 radical (unpaired) electrons. The van der Waals surface area contributed by atoms with Gasteiger partial charge in [-0.2, -0.15) is 0 Å². The summed E-state index contributed by atoms with van der Waals surface area (Å²) in [6, 6.07) is 40.2. The minimum atomic E-state index is -1.95. The van der Waals surface area contributed by atoms with Crippen molar-refractivity contribution in [3.05, 3.63) is 179 Å². The fraction of sp³-hybridized carbons (Fsp3) is 0.611. The van der Waals surface area contributed by atoms with E-state index in [-0.39, 0.29) is 41.0 Å². The summed E-state index contributed by atoms with van der Waals surface area (Å²) in [4.78, 5) is 72.3. The molecule has 0 amide bonds. The molecule has 2 N–H and O–H groups in total. The van der Waals surface area contributed by atoms with Gasteiger partial charge in [-0.25, -0.2) is 24.0 Å². The molecule has 2 aliphatic heterocycles. The number of hydrogen-bond acceptors (Lipinski definition) is 18. The van der Waals surface area contributed by atoms with Crippen LogP contribution in [0.1, 0.15) is 249 Å². The monoisotopic (exact) mass is 1500 g/mol. The summed E-state index contributed by atoms with van der Waals surface area (Å²) in [7, 11) is 0. The largest absolute Gasteiger partial charge is 0.459 e. The highest BCUT2D eigenvalue weighted by Gasteiger charge is 2.57. The van der Waals surface area contributed by atoms with E-state index in [0.717, 1.165) is 68.6 Å². The number of carbonyl (C=O) groups is 5. The third kappa shape index (κ3) is 31.5. The lowest BCUT2D eigenvalue weighted by atomic mass is 9.91. The summed E-state index contributed by atoms with van der Waals surface area (Å²) in [5.41, 5.74) is 0.504. The highest BCUT2D eigenvalue weighted by molar-refractivity contribution is 5.92. The molecule has 2 aliphatic rings. The molecule has 596 valence electrons. The van der Waals surface area contributed by atoms with E-state index in [2.05, 4.69) is 69.2 Å². The first-order valence-electron chi connectivity index (χ1n) is 40.5. The van der Waals surface area contributed by atoms with E-state index in [1.165, 1.54) is 120 Å². The smallest absolute Gasteiger partial charge is 0.338 e. The van der Waals surface area contributed by atoms with Crippen LogP contribution < -0.4 is 0 Å². The molecule has 18 heteroatoms. The van der Waals surface area contributed by atoms with Crippen molar-refractivity contribution in [2.45, 2.75) is 265 Å². The first-order valence-corrected chi connectivity index (χ1v) is 40.5. The molecule has 0 saturated carbocycles. The predicted molar refractivity (Wildman–Crippen MR) is 418 cm³/mol. The molecule has 5 aromatic carbocycles. The van der Waals surface area contributed by atoms with Crippen LogP contribution in [0, 0.1) is 47.3 Å². The SMILES string of the molecule is CC(C)CCC[C@@H](C)CCC[C@@H](C)CCC[C@@H](C)CCOC[C@H](CO[C@@H]1O[C@H](COC(=O)c2ccccc2)[C@@H](O[C@@H]2O[C@H](CO)[C@H](O)[C@H](OC(=O)c3ccccc3)[C@H]2OC(=O)c2ccccc2)[C@H](OC(=O)c2ccccc2)[C@H]1OC(=O)c1ccccc1)OCC[C@H](C)CCC[C@H](C)CCC[C@H](C)CCCC(C)C. The quantitative estimate of drug-likeness (QED) is 0.0210. The Morgan fingerprint density at radius 3 is 1.06 bits per heavy atom. The number of esters is 5. The van der Waals surface area contributed by atoms with E-state index in [1.807, 2.05) is 0 Å². The van der Waals surface area contributed by atoms with Gasteiger partial charge in [0.25, 0.3) is 0 Å². The first kappa shape index (κ1) is 88.3. The zero-order valence-corrected chi connectivity index (χ0v) is 66.2. The average Bonchev–Trinajstić information content (AvgIpc) is 0.768. The molecule has 17 atom stereocenters. The number of aliphatic hydroxyl groups is 2. The molecule has 2 saturated heterocycles. The van der Waals surface area contributed by atoms with Crippen molar-refractivity contribution in [1.82, 2.24) is 0 Å². The summed E-state index contributed by atoms with van der Waals surface area (Å²) < 4.78 is 71.9. The van der Waals surface area contributed by atoms with Crippen LogP contribution in [0.2, 0.25) is 0 Å². The van der Waals surface area contributed by atoms with Crippen molar-refractivity contribution in [3.63, 3.8) is 0 Å². The van der Waals surface area contributed by atoms with Crippen LogP contribution in [-0.4, -0.2) is 147 Å². The van der Waals surface area contributed by atoms with Crippen LogP contribution in [0.15, 0.2) is 152 Å². The Labute approximate surface area is 644 Å². The second-order valence-corrected chi connectivity index (χ2v) is 31.8. The molecule has 108 heavy (non-hydrogen) atoms. The van der Waals surface area contributed by atoms with E-state index in [4.69, 9.17) is 52.1 Å². The molecular weight excluding hydrogens is 1370 g/mol. The molecule has 0 unspecified atom stereocenters. The summed E-state index contributed by atoms with van der Waals surface area (Å²) >= 11 is 0. The minimum Gasteiger partial charge on any atom is -0.459 e. The van der Waals surface area contributed by atoms with Gasteiger partial charge in [-0.05, 0) is 121 Å². The van der Waals surface area contributed by atoms with Gasteiger partial charge in [-0.15, -0.1) is 0 Å². The maximum Gasteiger partial charge on any atom is 0.338 e. The van der Waals surface area contributed by atoms with Crippen LogP contribution in [0.3, 0.4) is 0 Å². The zero-order valence-electron chi connectivity index (χ0n) is 66.2. The van der Waals surface area contributed by atoms with Gasteiger partial charge < -0.3 is 62.3 Å². The molecule has 0 spiro atoms. The maximum atomic E-state index is 14.9. The Balaban J connectivity index is 1.18. The first-order chi connectivity index (χ1) is 52.1. The van der Waals surface area contributed by atoms with Crippen LogP contribution in [0.5, 0.6) is 0 Å². The van der Waals surface area contributed by atoms with Gasteiger partial charge in [0.2, 0.25) is 0 Å². The van der Waals surface area contributed by atoms with Gasteiger partial charge in [-0.1, -0.05) is 276 Å². The fourth-order valence-corrected chi connectivity index (χ4v) is 14.2. The summed E-state index contributed by atoms with van der Waals surface area (Å²) in [5, 5.41) is 23.0. The normalized spacial score (nSPS) is 22.1. The number of hydrogen-bond donors (Lipinski definition) is 2. The number of ether oxygens (including phenoxy) is 11. The third-order valence-corrected chi connectivity index (χ3v) is 21.1. The van der Waals surface area contributed by atoms with Crippen LogP contribution in [0.25, 0.3) is 0 Å². The number of aliphatic hydroxyl groups excluding tert-OH is 2. The van der Waals surface area contributed by atoms with E-state index in [1.54, 1.807) is 115 Å². The highest BCUT2D eigenvalue weighted by atomic mass is 16.8. The number of benzene rings is 5. The van der Waals surface area contributed by atoms with Crippen LogP contribution in [-0.2, 0) is 52.1 Å². The highest BCUT2D eigenvalue weighted by Crippen LogP contribution is 2.37. The topological polar surface area (TPSA) is 227 Å². The minimum absolute atomic E-state index is 0.0575. The molecule has 0 aromatic heterocycles. The van der Waals surface area contributed by atoms with Crippen molar-refractivity contribution in [2.75, 3.05) is 39.6 Å². The van der Waals surface area contributed by atoms with Gasteiger partial charge in [0.15, 0.2) is 37.0 Å². The van der Waals surface area contributed by atoms with Gasteiger partial charge >= 0.3 is 29.8 Å². The van der Waals surface area contributed by atoms with Gasteiger partial charge in [0.1, 0.15) is 37.1 Å². The van der Waals surface area contributed by atoms with Crippen molar-refractivity contribution in [2.24, 2.45) is 47.3 Å². The lowest BCUT2D eigenvalue weighted by Crippen LogP contribution is -2.67. The average molecular weight is 1500 g/mol. The molecule has 0 bridgehead atoms. The summed E-state index contributed by atoms with van der Waals surface area (Å²) in [6.07, 6.45) is 5.43. The molecule has 0 aliphatic carbocycles. The third-order valence-electron chi connectivity index (χ3n) is 21.1. The standard InChI is InChI=1S/C90H128O18/c1-62(2)32-26-34-64(5)36-28-38-66(7)40-30-42-68(9)54-56-98-59-75(99-57-55-69(10)43-31-41-67(8)39-29-37-65(6)35-27-33-63(3)4)60-101-89-83(107-88(97)74-52-24-15-25-53-74)81(105-86(95)72-48-20-13-21-49-72)79(77(103-89)61-100-84(93)70-44-16-11-17-45-70)108-90-82(106-87(96)73-50-22-14-23-51-73)80(78(92)76(58-91)102-90)104-85(94)71-46-18-12-19-47-71/h11-25,44-53,62-69,75-83,89-92H,26-43,54-61H2,1-10H3/t64-,65-,66-,67-,68-,69-,75-,76-,77-,78+,79-,80+,81+,82-,83-,89-,90+/m1/s1. The zero-order chi connectivity index (χ0) is 77.6. The predicted octanol–water partition coefficient (Wildman–Crippen LogP) is 18.3. The van der Waals surface area contributed by atoms with Crippen molar-refractivity contribution in [1.29, 1.82) is 0 Å². The maximum absolute atomic E-state index is 14.9. The van der Waals surface area contributed by atoms with Crippen LogP contribution >= 0.6 is 0 Å². The Morgan fingerprint density at radius 2 is 0.685 bits per heavy atom. The number of carbonyl (C=O) groups excluding carboxylic acids is 5. The summed E-state index contributed by atoms with van der Waals surface area (Å²) in [5.74, 6) is 0.637. The Hall–Kier alpha value is -6.87. The van der Waals surface area contributed by atoms with Gasteiger partial charge in [0.05, 0.1) is 47.6 Å². The van der Waals surface area contributed by atoms with E-state index in [0.29, 0.717) is 36.9 Å². The van der Waals surface area contributed by atoms with Crippen molar-refractivity contribution < 1.29 is 86.3 Å². The van der Waals surface area contributed by atoms with E-state index in [9.17, 15) is 34.2 Å². The molecular formula is C90H128O18. The van der Waals surface area contributed by atoms with Gasteiger partial charge in [-0.3, -0.25) is 0 Å². The van der Waals surface area contributed by atoms with Crippen LogP contribution in [0.4, 0.5) is 0 Å². The van der Waals surface area contributed by atoms with Gasteiger partial charge in [0, 0.05) is 13.2 Å². The summed E-state index contributed by atoms with van der Waals surface area (Å²) in [6.45, 7) is 22.5. The molecule has 5 aromatic rings. The molecule has 18 nitrogen and oxygen atoms in total. The van der Waals surface area contributed by atoms with E-state index < -0.39 is 111 Å². The molecule has 7 rings (SSSR count). The van der Waals surface area contributed by atoms with Crippen molar-refractivity contribution >= 4 is 29.8 Å². The van der Waals surface area contributed by atoms with E-state index >= 15 is 0 Å². The Kier molecular flexibility index (Phi) is 39.8. The molecule has 2 heterocycles. The lowest BCUT2D eigenvalue weighted by molar-refractivity contribution is -0.358. The Morgan fingerprint density at radius 1 is 0.361 bits per heavy atom. The lowest BCUT2D eigenvalue weighted by Gasteiger charge is -2.48. The second-order valence-electron chi connectivity index (χ2n) is 31.8. The molecule has 2 fully saturated rings. The number of rotatable bonds is 50. The second kappa shape index (κ2) is 48.7.